The molecule has 2 N–H and O–H groups in total. The summed E-state index contributed by atoms with van der Waals surface area (Å²) < 4.78 is 6.97. The van der Waals surface area contributed by atoms with Gasteiger partial charge in [-0.05, 0) is 33.6 Å². The number of anilines is 1. The van der Waals surface area contributed by atoms with Gasteiger partial charge in [-0.2, -0.15) is 5.10 Å². The number of hydrogen-bond donors (Lipinski definition) is 2. The number of rotatable bonds is 8. The van der Waals surface area contributed by atoms with Gasteiger partial charge in [0.1, 0.15) is 11.4 Å². The van der Waals surface area contributed by atoms with E-state index in [2.05, 4.69) is 29.6 Å². The molecular formula is C17H32N4O2. The van der Waals surface area contributed by atoms with Crippen molar-refractivity contribution in [2.45, 2.75) is 78.5 Å². The molecule has 6 nitrogen and oxygen atoms in total. The molecule has 0 atom stereocenters. The second-order valence-corrected chi connectivity index (χ2v) is 6.92. The van der Waals surface area contributed by atoms with Crippen LogP contribution in [0.15, 0.2) is 6.20 Å². The molecule has 0 saturated carbocycles. The summed E-state index contributed by atoms with van der Waals surface area (Å²) in [5.41, 5.74) is 0.449. The van der Waals surface area contributed by atoms with Crippen molar-refractivity contribution >= 4 is 11.9 Å². The molecule has 0 fully saturated rings. The number of hydrogen-bond acceptors (Lipinski definition) is 4. The Balaban J connectivity index is 2.69. The monoisotopic (exact) mass is 324 g/mol. The Hall–Kier alpha value is -1.56. The number of carbonyl (C=O) groups excluding carboxylic acids is 1. The number of amides is 1. The van der Waals surface area contributed by atoms with Crippen molar-refractivity contribution in [2.24, 2.45) is 7.05 Å². The molecule has 132 valence electrons. The Labute approximate surface area is 140 Å². The van der Waals surface area contributed by atoms with E-state index in [1.165, 1.54) is 0 Å². The van der Waals surface area contributed by atoms with E-state index in [0.717, 1.165) is 31.2 Å². The fourth-order valence-electron chi connectivity index (χ4n) is 2.47. The molecular weight excluding hydrogens is 292 g/mol. The fourth-order valence-corrected chi connectivity index (χ4v) is 2.47. The van der Waals surface area contributed by atoms with Crippen LogP contribution in [0.5, 0.6) is 0 Å². The van der Waals surface area contributed by atoms with Crippen LogP contribution in [0.4, 0.5) is 10.6 Å². The first-order valence-corrected chi connectivity index (χ1v) is 8.51. The molecule has 0 aliphatic heterocycles. The quantitative estimate of drug-likeness (QED) is 0.762. The van der Waals surface area contributed by atoms with E-state index < -0.39 is 11.7 Å². The minimum atomic E-state index is -0.519. The topological polar surface area (TPSA) is 68.2 Å². The Morgan fingerprint density at radius 2 is 1.91 bits per heavy atom. The van der Waals surface area contributed by atoms with E-state index in [1.807, 2.05) is 27.8 Å². The van der Waals surface area contributed by atoms with Crippen LogP contribution < -0.4 is 10.6 Å². The normalized spacial score (nSPS) is 11.8. The summed E-state index contributed by atoms with van der Waals surface area (Å²) >= 11 is 0. The van der Waals surface area contributed by atoms with Crippen molar-refractivity contribution in [1.29, 1.82) is 0 Å². The molecule has 0 bridgehead atoms. The second kappa shape index (κ2) is 8.91. The summed E-state index contributed by atoms with van der Waals surface area (Å²) in [7, 11) is 1.81. The highest BCUT2D eigenvalue weighted by molar-refractivity contribution is 5.84. The highest BCUT2D eigenvalue weighted by atomic mass is 16.6. The number of aryl methyl sites for hydroxylation is 1. The Morgan fingerprint density at radius 1 is 1.30 bits per heavy atom. The maximum absolute atomic E-state index is 12.0. The summed E-state index contributed by atoms with van der Waals surface area (Å²) in [6, 6.07) is 0.500. The average Bonchev–Trinajstić information content (AvgIpc) is 2.76. The summed E-state index contributed by atoms with van der Waals surface area (Å²) in [5.74, 6) is 0.679. The van der Waals surface area contributed by atoms with Crippen molar-refractivity contribution in [3.63, 3.8) is 0 Å². The number of aromatic nitrogens is 2. The first kappa shape index (κ1) is 19.5. The first-order chi connectivity index (χ1) is 10.8. The van der Waals surface area contributed by atoms with Gasteiger partial charge in [-0.3, -0.25) is 10.00 Å². The van der Waals surface area contributed by atoms with Gasteiger partial charge >= 0.3 is 6.09 Å². The summed E-state index contributed by atoms with van der Waals surface area (Å²) in [6.07, 6.45) is 5.96. The molecule has 0 aromatic carbocycles. The van der Waals surface area contributed by atoms with Gasteiger partial charge in [0.05, 0.1) is 6.20 Å². The van der Waals surface area contributed by atoms with E-state index >= 15 is 0 Å². The molecule has 6 heteroatoms. The zero-order valence-corrected chi connectivity index (χ0v) is 15.4. The number of carbonyl (C=O) groups is 1. The average molecular weight is 324 g/mol. The number of nitrogens with zero attached hydrogens (tertiary/aromatic N) is 2. The van der Waals surface area contributed by atoms with Crippen LogP contribution in [-0.4, -0.2) is 27.5 Å². The van der Waals surface area contributed by atoms with Crippen LogP contribution in [0, 0.1) is 0 Å². The molecule has 1 aromatic heterocycles. The molecule has 0 radical (unpaired) electrons. The molecule has 1 amide bonds. The van der Waals surface area contributed by atoms with Crippen LogP contribution in [0.2, 0.25) is 0 Å². The van der Waals surface area contributed by atoms with E-state index in [0.29, 0.717) is 18.4 Å². The lowest BCUT2D eigenvalue weighted by atomic mass is 10.1. The van der Waals surface area contributed by atoms with Crippen molar-refractivity contribution in [2.75, 3.05) is 5.32 Å². The molecule has 0 aliphatic rings. The highest BCUT2D eigenvalue weighted by Crippen LogP contribution is 2.17. The minimum absolute atomic E-state index is 0.457. The van der Waals surface area contributed by atoms with Gasteiger partial charge in [-0.25, -0.2) is 4.79 Å². The number of ether oxygens (including phenoxy) is 1. The number of nitrogens with one attached hydrogen (secondary N) is 2. The summed E-state index contributed by atoms with van der Waals surface area (Å²) in [5, 5.41) is 10.6. The molecule has 0 spiro atoms. The predicted molar refractivity (Wildman–Crippen MR) is 93.5 cm³/mol. The largest absolute Gasteiger partial charge is 0.444 e. The summed E-state index contributed by atoms with van der Waals surface area (Å²) in [6.45, 7) is 10.6. The third-order valence-corrected chi connectivity index (χ3v) is 3.49. The van der Waals surface area contributed by atoms with Crippen LogP contribution in [0.25, 0.3) is 0 Å². The van der Waals surface area contributed by atoms with Crippen LogP contribution >= 0.6 is 0 Å². The Kier molecular flexibility index (Phi) is 7.55. The Morgan fingerprint density at radius 3 is 2.43 bits per heavy atom. The van der Waals surface area contributed by atoms with Gasteiger partial charge in [0.2, 0.25) is 0 Å². The van der Waals surface area contributed by atoms with E-state index in [9.17, 15) is 4.79 Å². The van der Waals surface area contributed by atoms with Crippen molar-refractivity contribution in [1.82, 2.24) is 15.1 Å². The van der Waals surface area contributed by atoms with E-state index in [-0.39, 0.29) is 0 Å². The fraction of sp³-hybridized carbons (Fsp3) is 0.765. The summed E-state index contributed by atoms with van der Waals surface area (Å²) in [4.78, 5) is 12.0. The van der Waals surface area contributed by atoms with Gasteiger partial charge in [0.25, 0.3) is 0 Å². The van der Waals surface area contributed by atoms with E-state index in [1.54, 1.807) is 10.9 Å². The lowest BCUT2D eigenvalue weighted by molar-refractivity contribution is 0.0634. The first-order valence-electron chi connectivity index (χ1n) is 8.51. The minimum Gasteiger partial charge on any atom is -0.444 e. The second-order valence-electron chi connectivity index (χ2n) is 6.92. The van der Waals surface area contributed by atoms with Crippen molar-refractivity contribution < 1.29 is 9.53 Å². The van der Waals surface area contributed by atoms with Crippen molar-refractivity contribution in [3.05, 3.63) is 11.8 Å². The van der Waals surface area contributed by atoms with Crippen LogP contribution in [0.3, 0.4) is 0 Å². The molecule has 0 unspecified atom stereocenters. The van der Waals surface area contributed by atoms with Crippen LogP contribution in [0.1, 0.15) is 65.9 Å². The Bertz CT molecular complexity index is 485. The van der Waals surface area contributed by atoms with E-state index in [4.69, 9.17) is 4.74 Å². The maximum atomic E-state index is 12.0. The molecule has 0 aliphatic carbocycles. The van der Waals surface area contributed by atoms with Gasteiger partial charge in [0, 0.05) is 25.2 Å². The van der Waals surface area contributed by atoms with Gasteiger partial charge in [0.15, 0.2) is 0 Å². The third-order valence-electron chi connectivity index (χ3n) is 3.49. The SMILES string of the molecule is CCCC(CCC)NCc1cnn(C)c1NC(=O)OC(C)(C)C. The molecule has 1 heterocycles. The van der Waals surface area contributed by atoms with Crippen LogP contribution in [-0.2, 0) is 18.3 Å². The lowest BCUT2D eigenvalue weighted by Gasteiger charge is -2.20. The molecule has 1 aromatic rings. The maximum Gasteiger partial charge on any atom is 0.413 e. The standard InChI is InChI=1S/C17H32N4O2/c1-7-9-14(10-8-2)18-11-13-12-19-21(6)15(13)20-16(22)23-17(3,4)5/h12,14,18H,7-11H2,1-6H3,(H,20,22). The third kappa shape index (κ3) is 7.03. The van der Waals surface area contributed by atoms with Gasteiger partial charge in [-0.15, -0.1) is 0 Å². The van der Waals surface area contributed by atoms with Gasteiger partial charge in [-0.1, -0.05) is 26.7 Å². The van der Waals surface area contributed by atoms with Gasteiger partial charge < -0.3 is 10.1 Å². The lowest BCUT2D eigenvalue weighted by Crippen LogP contribution is -2.30. The predicted octanol–water partition coefficient (Wildman–Crippen LogP) is 3.83. The zero-order chi connectivity index (χ0) is 17.5. The van der Waals surface area contributed by atoms with Crippen molar-refractivity contribution in [3.8, 4) is 0 Å². The highest BCUT2D eigenvalue weighted by Gasteiger charge is 2.19. The zero-order valence-electron chi connectivity index (χ0n) is 15.4. The molecule has 23 heavy (non-hydrogen) atoms. The molecule has 1 rings (SSSR count). The smallest absolute Gasteiger partial charge is 0.413 e. The molecule has 0 saturated heterocycles.